The van der Waals surface area contributed by atoms with E-state index in [0.717, 1.165) is 0 Å². The summed E-state index contributed by atoms with van der Waals surface area (Å²) in [5, 5.41) is 0. The van der Waals surface area contributed by atoms with E-state index in [-0.39, 0.29) is 17.9 Å². The normalized spacial score (nSPS) is 26.2. The Hall–Kier alpha value is -1.23. The van der Waals surface area contributed by atoms with Crippen molar-refractivity contribution in [3.05, 3.63) is 29.8 Å². The van der Waals surface area contributed by atoms with Gasteiger partial charge in [0.1, 0.15) is 0 Å². The van der Waals surface area contributed by atoms with Gasteiger partial charge in [0.2, 0.25) is 5.60 Å². The maximum atomic E-state index is 12.6. The summed E-state index contributed by atoms with van der Waals surface area (Å²) in [6, 6.07) is 5.88. The minimum absolute atomic E-state index is 0.00694. The van der Waals surface area contributed by atoms with Gasteiger partial charge >= 0.3 is 6.18 Å². The third kappa shape index (κ3) is 1.16. The zero-order valence-electron chi connectivity index (χ0n) is 7.14. The number of alkyl halides is 3. The molecular weight excluding hydrogens is 195 g/mol. The largest absolute Gasteiger partial charge is 0.424 e. The fourth-order valence-corrected chi connectivity index (χ4v) is 1.41. The summed E-state index contributed by atoms with van der Waals surface area (Å²) in [4.78, 5) is 0. The molecule has 5 heteroatoms. The number of nitrogens with two attached hydrogens (primary N) is 1. The van der Waals surface area contributed by atoms with E-state index in [1.807, 2.05) is 0 Å². The molecule has 0 radical (unpaired) electrons. The minimum Gasteiger partial charge on any atom is -0.398 e. The van der Waals surface area contributed by atoms with Gasteiger partial charge in [-0.05, 0) is 6.07 Å². The van der Waals surface area contributed by atoms with Crippen molar-refractivity contribution in [3.63, 3.8) is 0 Å². The van der Waals surface area contributed by atoms with Gasteiger partial charge in [-0.15, -0.1) is 0 Å². The average Bonchev–Trinajstić information content (AvgIpc) is 2.84. The number of para-hydroxylation sites is 1. The molecule has 1 unspecified atom stereocenters. The number of rotatable bonds is 1. The molecule has 1 heterocycles. The number of nitrogen functional groups attached to an aromatic ring is 1. The molecule has 1 aliphatic rings. The Balaban J connectivity index is 2.46. The zero-order valence-corrected chi connectivity index (χ0v) is 7.14. The smallest absolute Gasteiger partial charge is 0.398 e. The van der Waals surface area contributed by atoms with Gasteiger partial charge in [0.15, 0.2) is 0 Å². The topological polar surface area (TPSA) is 38.5 Å². The molecule has 1 aromatic carbocycles. The summed E-state index contributed by atoms with van der Waals surface area (Å²) < 4.78 is 42.3. The number of halogens is 3. The van der Waals surface area contributed by atoms with Crippen molar-refractivity contribution >= 4 is 5.69 Å². The number of epoxide rings is 1. The molecule has 76 valence electrons. The van der Waals surface area contributed by atoms with Gasteiger partial charge in [0, 0.05) is 11.3 Å². The van der Waals surface area contributed by atoms with Gasteiger partial charge in [0.25, 0.3) is 0 Å². The summed E-state index contributed by atoms with van der Waals surface area (Å²) in [5.74, 6) is 0. The van der Waals surface area contributed by atoms with E-state index in [1.165, 1.54) is 18.2 Å². The van der Waals surface area contributed by atoms with Gasteiger partial charge in [-0.25, -0.2) is 0 Å². The Morgan fingerprint density at radius 1 is 1.29 bits per heavy atom. The first kappa shape index (κ1) is 9.33. The summed E-state index contributed by atoms with van der Waals surface area (Å²) in [7, 11) is 0. The van der Waals surface area contributed by atoms with Crippen LogP contribution in [0.15, 0.2) is 24.3 Å². The van der Waals surface area contributed by atoms with E-state index in [4.69, 9.17) is 5.73 Å². The molecule has 1 atom stereocenters. The van der Waals surface area contributed by atoms with E-state index >= 15 is 0 Å². The summed E-state index contributed by atoms with van der Waals surface area (Å²) in [6.07, 6.45) is -4.40. The van der Waals surface area contributed by atoms with Crippen LogP contribution < -0.4 is 5.73 Å². The third-order valence-corrected chi connectivity index (χ3v) is 2.29. The molecule has 0 amide bonds. The minimum atomic E-state index is -4.40. The second kappa shape index (κ2) is 2.63. The van der Waals surface area contributed by atoms with Crippen molar-refractivity contribution in [1.29, 1.82) is 0 Å². The number of hydrogen-bond donors (Lipinski definition) is 1. The molecule has 1 aliphatic heterocycles. The second-order valence-corrected chi connectivity index (χ2v) is 3.20. The van der Waals surface area contributed by atoms with Crippen molar-refractivity contribution in [2.45, 2.75) is 11.8 Å². The van der Waals surface area contributed by atoms with E-state index in [0.29, 0.717) is 0 Å². The number of ether oxygens (including phenoxy) is 1. The first-order valence-electron chi connectivity index (χ1n) is 4.03. The average molecular weight is 203 g/mol. The molecular formula is C9H8F3NO. The first-order valence-corrected chi connectivity index (χ1v) is 4.03. The predicted molar refractivity (Wildman–Crippen MR) is 44.5 cm³/mol. The van der Waals surface area contributed by atoms with Gasteiger partial charge in [0.05, 0.1) is 6.61 Å². The maximum Gasteiger partial charge on any atom is 0.424 e. The first-order chi connectivity index (χ1) is 6.47. The van der Waals surface area contributed by atoms with Gasteiger partial charge < -0.3 is 10.5 Å². The van der Waals surface area contributed by atoms with E-state index in [2.05, 4.69) is 4.74 Å². The quantitative estimate of drug-likeness (QED) is 0.560. The lowest BCUT2D eigenvalue weighted by atomic mass is 9.98. The fraction of sp³-hybridized carbons (Fsp3) is 0.333. The molecule has 0 saturated carbocycles. The number of hydrogen-bond acceptors (Lipinski definition) is 2. The zero-order chi connectivity index (χ0) is 10.4. The predicted octanol–water partition coefficient (Wildman–Crippen LogP) is 2.06. The Morgan fingerprint density at radius 3 is 2.29 bits per heavy atom. The summed E-state index contributed by atoms with van der Waals surface area (Å²) >= 11 is 0. The molecule has 2 nitrogen and oxygen atoms in total. The van der Waals surface area contributed by atoms with Crippen molar-refractivity contribution in [3.8, 4) is 0 Å². The summed E-state index contributed by atoms with van der Waals surface area (Å²) in [6.45, 7) is -0.343. The third-order valence-electron chi connectivity index (χ3n) is 2.29. The van der Waals surface area contributed by atoms with Crippen LogP contribution >= 0.6 is 0 Å². The van der Waals surface area contributed by atoms with E-state index in [9.17, 15) is 13.2 Å². The van der Waals surface area contributed by atoms with Crippen LogP contribution in [0, 0.1) is 0 Å². The van der Waals surface area contributed by atoms with Crippen LogP contribution in [0.25, 0.3) is 0 Å². The second-order valence-electron chi connectivity index (χ2n) is 3.20. The Kier molecular flexibility index (Phi) is 1.75. The SMILES string of the molecule is Nc1ccccc1C1(C(F)(F)F)CO1. The van der Waals surface area contributed by atoms with Crippen molar-refractivity contribution in [1.82, 2.24) is 0 Å². The highest BCUT2D eigenvalue weighted by atomic mass is 19.4. The molecule has 2 N–H and O–H groups in total. The highest BCUT2D eigenvalue weighted by molar-refractivity contribution is 5.52. The molecule has 1 aromatic rings. The maximum absolute atomic E-state index is 12.6. The van der Waals surface area contributed by atoms with Crippen LogP contribution in [-0.2, 0) is 10.3 Å². The molecule has 0 aromatic heterocycles. The van der Waals surface area contributed by atoms with Gasteiger partial charge in [-0.3, -0.25) is 0 Å². The van der Waals surface area contributed by atoms with Crippen molar-refractivity contribution in [2.75, 3.05) is 12.3 Å². The van der Waals surface area contributed by atoms with Crippen LogP contribution in [-0.4, -0.2) is 12.8 Å². The number of anilines is 1. The monoisotopic (exact) mass is 203 g/mol. The number of benzene rings is 1. The fourth-order valence-electron chi connectivity index (χ4n) is 1.41. The molecule has 1 saturated heterocycles. The molecule has 14 heavy (non-hydrogen) atoms. The molecule has 0 aliphatic carbocycles. The molecule has 1 fully saturated rings. The Bertz CT molecular complexity index is 357. The molecule has 0 bridgehead atoms. The standard InChI is InChI=1S/C9H8F3NO/c10-9(11,12)8(5-14-8)6-3-1-2-4-7(6)13/h1-4H,5,13H2. The lowest BCUT2D eigenvalue weighted by Gasteiger charge is -2.17. The lowest BCUT2D eigenvalue weighted by Crippen LogP contribution is -2.31. The highest BCUT2D eigenvalue weighted by Crippen LogP contribution is 2.53. The van der Waals surface area contributed by atoms with E-state index in [1.54, 1.807) is 6.07 Å². The Morgan fingerprint density at radius 2 is 1.86 bits per heavy atom. The van der Waals surface area contributed by atoms with Crippen LogP contribution in [0.4, 0.5) is 18.9 Å². The van der Waals surface area contributed by atoms with Crippen LogP contribution in [0.3, 0.4) is 0 Å². The Labute approximate surface area is 78.5 Å². The van der Waals surface area contributed by atoms with Gasteiger partial charge in [-0.1, -0.05) is 18.2 Å². The van der Waals surface area contributed by atoms with Crippen LogP contribution in [0.2, 0.25) is 0 Å². The van der Waals surface area contributed by atoms with E-state index < -0.39 is 11.8 Å². The lowest BCUT2D eigenvalue weighted by molar-refractivity contribution is -0.186. The van der Waals surface area contributed by atoms with Gasteiger partial charge in [-0.2, -0.15) is 13.2 Å². The molecule has 0 spiro atoms. The van der Waals surface area contributed by atoms with Crippen LogP contribution in [0.1, 0.15) is 5.56 Å². The van der Waals surface area contributed by atoms with Crippen LogP contribution in [0.5, 0.6) is 0 Å². The van der Waals surface area contributed by atoms with Crippen molar-refractivity contribution < 1.29 is 17.9 Å². The molecule has 2 rings (SSSR count). The highest BCUT2D eigenvalue weighted by Gasteiger charge is 2.67. The summed E-state index contributed by atoms with van der Waals surface area (Å²) in [5.41, 5.74) is 3.43. The van der Waals surface area contributed by atoms with Crippen molar-refractivity contribution in [2.24, 2.45) is 0 Å².